The standard InChI is InChI=1S/C52H57F3N8O8/c1-4-71-51(70)63-44-18-17-41-33(19-24-60(41)46(65)12-8-7-11-27-64)36(44)30-45(63)49(68)62-26-21-32-35-29-40(57-38(35)14-16-43(32)62)48(67)61-25-20-31-34-28-39(56-37(34)13-15-42(31)61)47(66)58(2)22-9-5-6-10-23-59(3)50(69)52(53,54)55/h13-18,28-30,56-57,64H,4-12,19-27H2,1-3H3. The number of nitrogens with one attached hydrogen (secondary N) is 2. The number of benzene rings is 3. The summed E-state index contributed by atoms with van der Waals surface area (Å²) in [6.45, 7) is 3.60. The van der Waals surface area contributed by atoms with Crippen molar-refractivity contribution in [3.05, 3.63) is 88.4 Å². The molecule has 5 amide bonds. The van der Waals surface area contributed by atoms with E-state index >= 15 is 0 Å². The first-order valence-corrected chi connectivity index (χ1v) is 24.4. The van der Waals surface area contributed by atoms with Gasteiger partial charge in [0.1, 0.15) is 17.1 Å². The number of alkyl halides is 3. The number of fused-ring (bicyclic) bond motifs is 9. The van der Waals surface area contributed by atoms with Gasteiger partial charge in [0.05, 0.1) is 12.1 Å². The molecule has 9 rings (SSSR count). The lowest BCUT2D eigenvalue weighted by molar-refractivity contribution is -0.184. The van der Waals surface area contributed by atoms with Crippen LogP contribution in [0.5, 0.6) is 0 Å². The van der Waals surface area contributed by atoms with Gasteiger partial charge in [0.25, 0.3) is 17.7 Å². The van der Waals surface area contributed by atoms with E-state index in [4.69, 9.17) is 9.84 Å². The Labute approximate surface area is 407 Å². The van der Waals surface area contributed by atoms with Gasteiger partial charge in [-0.2, -0.15) is 13.2 Å². The molecular weight excluding hydrogens is 922 g/mol. The maximum absolute atomic E-state index is 14.7. The molecule has 3 aromatic heterocycles. The number of carbonyl (C=O) groups excluding carboxylic acids is 6. The molecule has 0 saturated carbocycles. The van der Waals surface area contributed by atoms with Crippen molar-refractivity contribution in [3.63, 3.8) is 0 Å². The van der Waals surface area contributed by atoms with E-state index in [9.17, 15) is 41.9 Å². The van der Waals surface area contributed by atoms with Gasteiger partial charge in [-0.15, -0.1) is 0 Å². The van der Waals surface area contributed by atoms with Crippen molar-refractivity contribution < 1.29 is 51.8 Å². The van der Waals surface area contributed by atoms with Crippen LogP contribution in [0.4, 0.5) is 35.0 Å². The van der Waals surface area contributed by atoms with Crippen molar-refractivity contribution in [1.29, 1.82) is 0 Å². The minimum atomic E-state index is -4.89. The molecule has 3 aliphatic rings. The van der Waals surface area contributed by atoms with Crippen LogP contribution in [0.25, 0.3) is 32.7 Å². The molecule has 3 aromatic carbocycles. The molecule has 16 nitrogen and oxygen atoms in total. The average Bonchev–Trinajstić information content (AvgIpc) is 4.22. The molecule has 6 aromatic rings. The number of anilines is 3. The molecule has 0 bridgehead atoms. The summed E-state index contributed by atoms with van der Waals surface area (Å²) < 4.78 is 44.8. The normalized spacial score (nSPS) is 14.2. The molecule has 19 heteroatoms. The number of nitrogens with zero attached hydrogens (tertiary/aromatic N) is 6. The Kier molecular flexibility index (Phi) is 13.7. The number of hydrogen-bond acceptors (Lipinski definition) is 8. The highest BCUT2D eigenvalue weighted by atomic mass is 19.4. The van der Waals surface area contributed by atoms with Gasteiger partial charge in [-0.05, 0) is 123 Å². The fraction of sp³-hybridized carbons (Fsp3) is 0.423. The number of unbranched alkanes of at least 4 members (excludes halogenated alkanes) is 5. The first-order valence-electron chi connectivity index (χ1n) is 24.4. The fourth-order valence-electron chi connectivity index (χ4n) is 10.5. The van der Waals surface area contributed by atoms with Crippen molar-refractivity contribution in [2.24, 2.45) is 0 Å². The fourth-order valence-corrected chi connectivity index (χ4v) is 10.5. The number of halogens is 3. The van der Waals surface area contributed by atoms with E-state index in [0.717, 1.165) is 63.3 Å². The Morgan fingerprint density at radius 2 is 1.18 bits per heavy atom. The number of amides is 5. The Bertz CT molecular complexity index is 3100. The molecule has 6 heterocycles. The molecular formula is C52H57F3N8O8. The number of aliphatic hydroxyl groups excluding tert-OH is 1. The summed E-state index contributed by atoms with van der Waals surface area (Å²) >= 11 is 0. The van der Waals surface area contributed by atoms with Crippen molar-refractivity contribution in [2.75, 3.05) is 74.7 Å². The smallest absolute Gasteiger partial charge is 0.449 e. The molecule has 0 atom stereocenters. The molecule has 3 N–H and O–H groups in total. The molecule has 71 heavy (non-hydrogen) atoms. The summed E-state index contributed by atoms with van der Waals surface area (Å²) in [7, 11) is 2.83. The van der Waals surface area contributed by atoms with Crippen LogP contribution in [0.3, 0.4) is 0 Å². The number of aliphatic hydroxyl groups is 1. The largest absolute Gasteiger partial charge is 0.471 e. The van der Waals surface area contributed by atoms with E-state index in [1.165, 1.54) is 4.57 Å². The van der Waals surface area contributed by atoms with E-state index in [1.54, 1.807) is 45.7 Å². The summed E-state index contributed by atoms with van der Waals surface area (Å²) in [6, 6.07) is 16.4. The molecule has 0 saturated heterocycles. The first kappa shape index (κ1) is 48.9. The molecule has 3 aliphatic heterocycles. The maximum atomic E-state index is 14.7. The second-order valence-electron chi connectivity index (χ2n) is 18.6. The Balaban J connectivity index is 0.888. The van der Waals surface area contributed by atoms with Crippen molar-refractivity contribution in [3.8, 4) is 0 Å². The van der Waals surface area contributed by atoms with Crippen LogP contribution < -0.4 is 14.7 Å². The summed E-state index contributed by atoms with van der Waals surface area (Å²) in [5.41, 5.74) is 7.84. The zero-order valence-corrected chi connectivity index (χ0v) is 40.0. The van der Waals surface area contributed by atoms with E-state index in [0.29, 0.717) is 123 Å². The number of H-pyrrole nitrogens is 2. The first-order chi connectivity index (χ1) is 34.1. The molecule has 0 spiro atoms. The number of aromatic amines is 2. The quantitative estimate of drug-likeness (QED) is 0.0813. The van der Waals surface area contributed by atoms with Gasteiger partial charge < -0.3 is 44.3 Å². The Hall–Kier alpha value is -7.15. The highest BCUT2D eigenvalue weighted by molar-refractivity contribution is 6.15. The van der Waals surface area contributed by atoms with E-state index in [1.807, 2.05) is 42.5 Å². The monoisotopic (exact) mass is 978 g/mol. The summed E-state index contributed by atoms with van der Waals surface area (Å²) in [5, 5.41) is 11.5. The lowest BCUT2D eigenvalue weighted by Gasteiger charge is -2.19. The SMILES string of the molecule is CCOC(=O)n1c(C(=O)N2CCc3c2ccc2[nH]c(C(=O)N4CCc5c4ccc4[nH]c(C(=O)N(C)CCCCCCN(C)C(=O)C(F)(F)F)cc54)cc32)cc2c3c(ccc21)N(C(=O)CCCCCO)CC3. The number of hydrogen-bond donors (Lipinski definition) is 3. The second kappa shape index (κ2) is 19.9. The summed E-state index contributed by atoms with van der Waals surface area (Å²) in [6.07, 6.45) is 0.880. The summed E-state index contributed by atoms with van der Waals surface area (Å²) in [4.78, 5) is 94.6. The van der Waals surface area contributed by atoms with Crippen LogP contribution in [0.2, 0.25) is 0 Å². The van der Waals surface area contributed by atoms with Crippen LogP contribution >= 0.6 is 0 Å². The van der Waals surface area contributed by atoms with E-state index in [-0.39, 0.29) is 49.1 Å². The Morgan fingerprint density at radius 1 is 0.648 bits per heavy atom. The predicted octanol–water partition coefficient (Wildman–Crippen LogP) is 8.11. The molecule has 374 valence electrons. The van der Waals surface area contributed by atoms with Crippen LogP contribution in [0, 0.1) is 0 Å². The van der Waals surface area contributed by atoms with E-state index in [2.05, 4.69) is 9.97 Å². The van der Waals surface area contributed by atoms with Gasteiger partial charge in [-0.3, -0.25) is 24.0 Å². The maximum Gasteiger partial charge on any atom is 0.471 e. The number of aromatic nitrogens is 3. The van der Waals surface area contributed by atoms with Gasteiger partial charge in [-0.25, -0.2) is 9.36 Å². The van der Waals surface area contributed by atoms with Gasteiger partial charge in [-0.1, -0.05) is 19.3 Å². The van der Waals surface area contributed by atoms with Crippen LogP contribution in [0.15, 0.2) is 54.6 Å². The minimum Gasteiger partial charge on any atom is -0.449 e. The zero-order valence-electron chi connectivity index (χ0n) is 40.0. The molecule has 0 radical (unpaired) electrons. The average molecular weight is 979 g/mol. The summed E-state index contributed by atoms with van der Waals surface area (Å²) in [5.74, 6) is -2.68. The highest BCUT2D eigenvalue weighted by Gasteiger charge is 2.41. The van der Waals surface area contributed by atoms with Crippen LogP contribution in [-0.4, -0.2) is 131 Å². The molecule has 0 fully saturated rings. The third-order valence-electron chi connectivity index (χ3n) is 14.1. The van der Waals surface area contributed by atoms with Gasteiger partial charge in [0.15, 0.2) is 0 Å². The van der Waals surface area contributed by atoms with Gasteiger partial charge in [0.2, 0.25) is 5.91 Å². The van der Waals surface area contributed by atoms with Gasteiger partial charge >= 0.3 is 18.2 Å². The number of ether oxygens (including phenoxy) is 1. The second-order valence-corrected chi connectivity index (χ2v) is 18.6. The zero-order chi connectivity index (χ0) is 50.3. The number of rotatable bonds is 16. The van der Waals surface area contributed by atoms with Crippen LogP contribution in [0.1, 0.15) is 106 Å². The van der Waals surface area contributed by atoms with Crippen LogP contribution in [-0.2, 0) is 33.6 Å². The lowest BCUT2D eigenvalue weighted by atomic mass is 10.1. The predicted molar refractivity (Wildman–Crippen MR) is 262 cm³/mol. The van der Waals surface area contributed by atoms with Crippen molar-refractivity contribution in [1.82, 2.24) is 24.3 Å². The Morgan fingerprint density at radius 3 is 1.80 bits per heavy atom. The van der Waals surface area contributed by atoms with Crippen molar-refractivity contribution in [2.45, 2.75) is 83.7 Å². The molecule has 0 aliphatic carbocycles. The minimum absolute atomic E-state index is 0.00175. The van der Waals surface area contributed by atoms with Crippen molar-refractivity contribution >= 4 is 85.4 Å². The highest BCUT2D eigenvalue weighted by Crippen LogP contribution is 2.41. The van der Waals surface area contributed by atoms with E-state index < -0.39 is 18.2 Å². The lowest BCUT2D eigenvalue weighted by Crippen LogP contribution is -2.38. The van der Waals surface area contributed by atoms with Gasteiger partial charge in [0, 0.05) is 104 Å². The molecule has 0 unspecified atom stereocenters. The number of carbonyl (C=O) groups is 6. The third kappa shape index (κ3) is 9.22. The topological polar surface area (TPSA) is 185 Å². The third-order valence-corrected chi connectivity index (χ3v) is 14.1.